The number of nitrogen functional groups attached to an aromatic ring is 2. The van der Waals surface area contributed by atoms with Gasteiger partial charge in [-0.2, -0.15) is 0 Å². The van der Waals surface area contributed by atoms with E-state index in [1.165, 1.54) is 12.2 Å². The van der Waals surface area contributed by atoms with Crippen LogP contribution in [-0.4, -0.2) is 81.1 Å². The van der Waals surface area contributed by atoms with E-state index in [-0.39, 0.29) is 30.7 Å². The number of hydrogen-bond acceptors (Lipinski definition) is 9. The molecule has 1 aromatic carbocycles. The Kier molecular flexibility index (Phi) is 11.6. The maximum absolute atomic E-state index is 11.7. The Balaban J connectivity index is 1.33. The number of benzene rings is 1. The molecule has 32 heavy (non-hydrogen) atoms. The number of thioether (sulfide) groups is 1. The smallest absolute Gasteiger partial charge is 0.253 e. The highest BCUT2D eigenvalue weighted by Gasteiger charge is 2.23. The summed E-state index contributed by atoms with van der Waals surface area (Å²) in [6, 6.07) is 5.58. The number of nitrogens with one attached hydrogen (secondary N) is 1. The van der Waals surface area contributed by atoms with Crippen molar-refractivity contribution in [2.24, 2.45) is 0 Å². The second-order valence-electron chi connectivity index (χ2n) is 6.74. The molecule has 0 unspecified atom stereocenters. The molecule has 1 aromatic rings. The van der Waals surface area contributed by atoms with Gasteiger partial charge in [0.2, 0.25) is 5.91 Å². The van der Waals surface area contributed by atoms with Crippen LogP contribution in [0.2, 0.25) is 0 Å². The molecule has 1 aliphatic heterocycles. The van der Waals surface area contributed by atoms with Crippen LogP contribution >= 0.6 is 11.8 Å². The third-order valence-electron chi connectivity index (χ3n) is 4.33. The molecule has 0 aliphatic carbocycles. The second-order valence-corrected chi connectivity index (χ2v) is 7.91. The first kappa shape index (κ1) is 25.7. The molecular formula is C21H30N4O6S. The van der Waals surface area contributed by atoms with E-state index >= 15 is 0 Å². The molecule has 1 heterocycles. The topological polar surface area (TPSA) is 146 Å². The van der Waals surface area contributed by atoms with Crippen LogP contribution in [0.4, 0.5) is 11.4 Å². The first-order chi connectivity index (χ1) is 15.5. The molecule has 0 bridgehead atoms. The zero-order chi connectivity index (χ0) is 23.2. The lowest BCUT2D eigenvalue weighted by Gasteiger charge is -2.13. The van der Waals surface area contributed by atoms with Crippen molar-refractivity contribution in [1.29, 1.82) is 0 Å². The van der Waals surface area contributed by atoms with E-state index in [0.29, 0.717) is 57.6 Å². The Hall–Kier alpha value is -2.60. The molecule has 0 saturated carbocycles. The lowest BCUT2D eigenvalue weighted by molar-refractivity contribution is -0.137. The predicted octanol–water partition coefficient (Wildman–Crippen LogP) is 0.424. The van der Waals surface area contributed by atoms with Crippen molar-refractivity contribution in [3.8, 4) is 0 Å². The molecule has 2 rings (SSSR count). The summed E-state index contributed by atoms with van der Waals surface area (Å²) in [7, 11) is 0. The highest BCUT2D eigenvalue weighted by Crippen LogP contribution is 2.24. The number of carbonyl (C=O) groups is 3. The number of carbonyl (C=O) groups excluding carboxylic acids is 3. The van der Waals surface area contributed by atoms with Crippen molar-refractivity contribution in [2.75, 3.05) is 70.0 Å². The van der Waals surface area contributed by atoms with Crippen LogP contribution in [0.3, 0.4) is 0 Å². The van der Waals surface area contributed by atoms with Crippen molar-refractivity contribution >= 4 is 40.9 Å². The fourth-order valence-corrected chi connectivity index (χ4v) is 3.43. The molecule has 0 atom stereocenters. The summed E-state index contributed by atoms with van der Waals surface area (Å²) in [6.45, 7) is 3.18. The summed E-state index contributed by atoms with van der Waals surface area (Å²) < 4.78 is 16.3. The third-order valence-corrected chi connectivity index (χ3v) is 5.29. The van der Waals surface area contributed by atoms with Crippen molar-refractivity contribution in [2.45, 2.75) is 11.3 Å². The first-order valence-electron chi connectivity index (χ1n) is 10.3. The summed E-state index contributed by atoms with van der Waals surface area (Å²) in [5.74, 6) is -0.217. The number of amides is 3. The molecule has 10 nitrogen and oxygen atoms in total. The molecule has 0 spiro atoms. The standard InChI is InChI=1S/C21H30N4O6S/c22-17-2-1-16(15-18(17)23)32-14-13-31-12-11-30-10-9-29-8-6-24-19(26)5-7-25-20(27)3-4-21(25)28/h1-4,15H,5-14,22-23H2,(H,24,26). The zero-order valence-electron chi connectivity index (χ0n) is 17.9. The fraction of sp³-hybridized carbons (Fsp3) is 0.476. The summed E-state index contributed by atoms with van der Waals surface area (Å²) in [5, 5.41) is 2.68. The maximum Gasteiger partial charge on any atom is 0.253 e. The first-order valence-corrected chi connectivity index (χ1v) is 11.3. The van der Waals surface area contributed by atoms with Crippen LogP contribution in [0.15, 0.2) is 35.2 Å². The lowest BCUT2D eigenvalue weighted by Crippen LogP contribution is -2.35. The minimum absolute atomic E-state index is 0.0643. The maximum atomic E-state index is 11.7. The highest BCUT2D eigenvalue weighted by molar-refractivity contribution is 7.99. The van der Waals surface area contributed by atoms with Crippen molar-refractivity contribution in [3.05, 3.63) is 30.4 Å². The van der Waals surface area contributed by atoms with Gasteiger partial charge in [-0.05, 0) is 18.2 Å². The summed E-state index contributed by atoms with van der Waals surface area (Å²) in [5.41, 5.74) is 12.6. The highest BCUT2D eigenvalue weighted by atomic mass is 32.2. The third kappa shape index (κ3) is 9.69. The Bertz CT molecular complexity index is 786. The zero-order valence-corrected chi connectivity index (χ0v) is 18.7. The van der Waals surface area contributed by atoms with E-state index in [9.17, 15) is 14.4 Å². The van der Waals surface area contributed by atoms with Gasteiger partial charge in [0, 0.05) is 42.3 Å². The van der Waals surface area contributed by atoms with Gasteiger partial charge in [-0.1, -0.05) is 0 Å². The van der Waals surface area contributed by atoms with Crippen LogP contribution in [0.5, 0.6) is 0 Å². The van der Waals surface area contributed by atoms with E-state index in [1.807, 2.05) is 12.1 Å². The molecule has 0 aromatic heterocycles. The van der Waals surface area contributed by atoms with Gasteiger partial charge < -0.3 is 31.0 Å². The molecule has 176 valence electrons. The number of hydrogen-bond donors (Lipinski definition) is 3. The number of nitrogens with zero attached hydrogens (tertiary/aromatic N) is 1. The second kappa shape index (κ2) is 14.5. The number of rotatable bonds is 16. The molecule has 1 aliphatic rings. The van der Waals surface area contributed by atoms with Crippen LogP contribution in [0.25, 0.3) is 0 Å². The average Bonchev–Trinajstić information content (AvgIpc) is 3.09. The van der Waals surface area contributed by atoms with Crippen molar-refractivity contribution < 1.29 is 28.6 Å². The summed E-state index contributed by atoms with van der Waals surface area (Å²) in [6.07, 6.45) is 2.46. The summed E-state index contributed by atoms with van der Waals surface area (Å²) in [4.78, 5) is 36.6. The molecule has 0 saturated heterocycles. The molecule has 5 N–H and O–H groups in total. The molecule has 0 radical (unpaired) electrons. The number of nitrogens with two attached hydrogens (primary N) is 2. The largest absolute Gasteiger partial charge is 0.397 e. The van der Waals surface area contributed by atoms with Crippen molar-refractivity contribution in [1.82, 2.24) is 10.2 Å². The van der Waals surface area contributed by atoms with Gasteiger partial charge in [-0.3, -0.25) is 19.3 Å². The SMILES string of the molecule is Nc1ccc(SCCOCCOCCOCCNC(=O)CCN2C(=O)C=CC2=O)cc1N. The van der Waals surface area contributed by atoms with Gasteiger partial charge in [-0.15, -0.1) is 11.8 Å². The van der Waals surface area contributed by atoms with E-state index in [4.69, 9.17) is 25.7 Å². The van der Waals surface area contributed by atoms with E-state index < -0.39 is 0 Å². The van der Waals surface area contributed by atoms with Crippen molar-refractivity contribution in [3.63, 3.8) is 0 Å². The number of imide groups is 1. The number of ether oxygens (including phenoxy) is 3. The Morgan fingerprint density at radius 3 is 2.19 bits per heavy atom. The molecule has 0 fully saturated rings. The van der Waals surface area contributed by atoms with Gasteiger partial charge in [0.05, 0.1) is 51.0 Å². The van der Waals surface area contributed by atoms with Gasteiger partial charge in [-0.25, -0.2) is 0 Å². The van der Waals surface area contributed by atoms with E-state index in [2.05, 4.69) is 5.32 Å². The van der Waals surface area contributed by atoms with Crippen LogP contribution in [0, 0.1) is 0 Å². The minimum Gasteiger partial charge on any atom is -0.397 e. The van der Waals surface area contributed by atoms with Gasteiger partial charge in [0.25, 0.3) is 11.8 Å². The van der Waals surface area contributed by atoms with Gasteiger partial charge in [0.15, 0.2) is 0 Å². The monoisotopic (exact) mass is 466 g/mol. The lowest BCUT2D eigenvalue weighted by atomic mass is 10.3. The van der Waals surface area contributed by atoms with Crippen LogP contribution in [-0.2, 0) is 28.6 Å². The van der Waals surface area contributed by atoms with Crippen LogP contribution in [0.1, 0.15) is 6.42 Å². The summed E-state index contributed by atoms with van der Waals surface area (Å²) >= 11 is 1.65. The van der Waals surface area contributed by atoms with Gasteiger partial charge in [0.1, 0.15) is 0 Å². The fourth-order valence-electron chi connectivity index (χ4n) is 2.62. The van der Waals surface area contributed by atoms with E-state index in [0.717, 1.165) is 15.5 Å². The van der Waals surface area contributed by atoms with E-state index in [1.54, 1.807) is 17.8 Å². The predicted molar refractivity (Wildman–Crippen MR) is 122 cm³/mol. The van der Waals surface area contributed by atoms with Gasteiger partial charge >= 0.3 is 0 Å². The van der Waals surface area contributed by atoms with Crippen LogP contribution < -0.4 is 16.8 Å². The minimum atomic E-state index is -0.390. The Labute approximate surface area is 191 Å². The number of anilines is 2. The normalized spacial score (nSPS) is 13.2. The molecular weight excluding hydrogens is 436 g/mol. The molecule has 11 heteroatoms. The Morgan fingerprint density at radius 1 is 0.906 bits per heavy atom. The average molecular weight is 467 g/mol. The Morgan fingerprint density at radius 2 is 1.53 bits per heavy atom. The quantitative estimate of drug-likeness (QED) is 0.137. The molecule has 3 amide bonds.